The molecule has 1 saturated heterocycles. The van der Waals surface area contributed by atoms with Gasteiger partial charge in [-0.1, -0.05) is 19.4 Å². The van der Waals surface area contributed by atoms with Crippen LogP contribution in [0.5, 0.6) is 5.75 Å². The van der Waals surface area contributed by atoms with E-state index >= 15 is 0 Å². The van der Waals surface area contributed by atoms with Crippen molar-refractivity contribution in [1.82, 2.24) is 4.90 Å². The van der Waals surface area contributed by atoms with Gasteiger partial charge in [0.2, 0.25) is 0 Å². The highest BCUT2D eigenvalue weighted by atomic mass is 16.5. The number of nitrogens with zero attached hydrogens (tertiary/aromatic N) is 1. The monoisotopic (exact) mass is 276 g/mol. The number of nitrogen functional groups attached to an aromatic ring is 1. The molecule has 1 aromatic rings. The van der Waals surface area contributed by atoms with Crippen LogP contribution in [0, 0.1) is 0 Å². The molecule has 20 heavy (non-hydrogen) atoms. The van der Waals surface area contributed by atoms with Gasteiger partial charge in [-0.3, -0.25) is 4.79 Å². The summed E-state index contributed by atoms with van der Waals surface area (Å²) in [5.74, 6) is 0.611. The van der Waals surface area contributed by atoms with Gasteiger partial charge in [0.25, 0.3) is 5.91 Å². The van der Waals surface area contributed by atoms with E-state index in [1.165, 1.54) is 6.42 Å². The first-order valence-corrected chi connectivity index (χ1v) is 7.42. The van der Waals surface area contributed by atoms with Crippen LogP contribution in [0.2, 0.25) is 0 Å². The van der Waals surface area contributed by atoms with Crippen LogP contribution in [0.3, 0.4) is 0 Å². The van der Waals surface area contributed by atoms with Crippen LogP contribution in [-0.2, 0) is 0 Å². The highest BCUT2D eigenvalue weighted by Gasteiger charge is 2.28. The number of ether oxygens (including phenoxy) is 1. The zero-order valence-corrected chi connectivity index (χ0v) is 12.4. The van der Waals surface area contributed by atoms with Crippen molar-refractivity contribution in [2.75, 3.05) is 19.4 Å². The summed E-state index contributed by atoms with van der Waals surface area (Å²) in [7, 11) is 1.57. The molecule has 1 amide bonds. The van der Waals surface area contributed by atoms with E-state index in [0.717, 1.165) is 32.2 Å². The quantitative estimate of drug-likeness (QED) is 0.860. The lowest BCUT2D eigenvalue weighted by molar-refractivity contribution is 0.0601. The molecule has 1 fully saturated rings. The number of hydrogen-bond acceptors (Lipinski definition) is 3. The van der Waals surface area contributed by atoms with Gasteiger partial charge in [0.05, 0.1) is 18.4 Å². The number of hydrogen-bond donors (Lipinski definition) is 1. The molecule has 0 radical (unpaired) electrons. The molecule has 1 aromatic carbocycles. The van der Waals surface area contributed by atoms with Crippen molar-refractivity contribution < 1.29 is 9.53 Å². The molecule has 0 spiro atoms. The van der Waals surface area contributed by atoms with Crippen molar-refractivity contribution in [3.8, 4) is 5.75 Å². The molecule has 2 rings (SSSR count). The summed E-state index contributed by atoms with van der Waals surface area (Å²) in [5, 5.41) is 0. The Kier molecular flexibility index (Phi) is 4.88. The van der Waals surface area contributed by atoms with Gasteiger partial charge >= 0.3 is 0 Å². The van der Waals surface area contributed by atoms with Gasteiger partial charge in [-0.15, -0.1) is 0 Å². The van der Waals surface area contributed by atoms with Crippen molar-refractivity contribution in [2.45, 2.75) is 45.1 Å². The number of amides is 1. The van der Waals surface area contributed by atoms with Crippen molar-refractivity contribution in [1.29, 1.82) is 0 Å². The van der Waals surface area contributed by atoms with E-state index in [4.69, 9.17) is 10.5 Å². The van der Waals surface area contributed by atoms with Crippen molar-refractivity contribution in [3.05, 3.63) is 23.8 Å². The fraction of sp³-hybridized carbons (Fsp3) is 0.562. The highest BCUT2D eigenvalue weighted by Crippen LogP contribution is 2.29. The Balaban J connectivity index is 2.25. The van der Waals surface area contributed by atoms with Gasteiger partial charge in [-0.05, 0) is 37.8 Å². The average molecular weight is 276 g/mol. The fourth-order valence-corrected chi connectivity index (χ4v) is 2.96. The molecule has 4 nitrogen and oxygen atoms in total. The molecule has 4 heteroatoms. The predicted octanol–water partition coefficient (Wildman–Crippen LogP) is 3.07. The molecule has 110 valence electrons. The molecule has 0 aliphatic carbocycles. The maximum absolute atomic E-state index is 12.8. The number of para-hydroxylation sites is 1. The SMILES string of the molecule is CCCC1CCCCN1C(=O)c1cccc(OC)c1N. The average Bonchev–Trinajstić information content (AvgIpc) is 2.48. The Morgan fingerprint density at radius 3 is 2.95 bits per heavy atom. The Morgan fingerprint density at radius 2 is 2.25 bits per heavy atom. The van der Waals surface area contributed by atoms with Gasteiger partial charge < -0.3 is 15.4 Å². The first kappa shape index (κ1) is 14.7. The minimum Gasteiger partial charge on any atom is -0.495 e. The second kappa shape index (κ2) is 6.64. The summed E-state index contributed by atoms with van der Waals surface area (Å²) in [4.78, 5) is 14.8. The third kappa shape index (κ3) is 2.89. The lowest BCUT2D eigenvalue weighted by Gasteiger charge is -2.36. The number of carbonyl (C=O) groups is 1. The van der Waals surface area contributed by atoms with E-state index in [1.54, 1.807) is 19.2 Å². The molecule has 0 bridgehead atoms. The van der Waals surface area contributed by atoms with Crippen LogP contribution in [0.15, 0.2) is 18.2 Å². The minimum absolute atomic E-state index is 0.0413. The number of carbonyl (C=O) groups excluding carboxylic acids is 1. The molecular formula is C16H24N2O2. The summed E-state index contributed by atoms with van der Waals surface area (Å²) in [6.07, 6.45) is 5.55. The lowest BCUT2D eigenvalue weighted by Crippen LogP contribution is -2.43. The maximum atomic E-state index is 12.8. The highest BCUT2D eigenvalue weighted by molar-refractivity contribution is 6.00. The Bertz CT molecular complexity index is 472. The molecule has 1 heterocycles. The number of rotatable bonds is 4. The Hall–Kier alpha value is -1.71. The number of anilines is 1. The summed E-state index contributed by atoms with van der Waals surface area (Å²) < 4.78 is 5.20. The topological polar surface area (TPSA) is 55.6 Å². The number of piperidine rings is 1. The van der Waals surface area contributed by atoms with E-state index in [1.807, 2.05) is 11.0 Å². The van der Waals surface area contributed by atoms with Crippen LogP contribution < -0.4 is 10.5 Å². The number of benzene rings is 1. The van der Waals surface area contributed by atoms with Crippen LogP contribution in [0.1, 0.15) is 49.4 Å². The smallest absolute Gasteiger partial charge is 0.256 e. The summed E-state index contributed by atoms with van der Waals surface area (Å²) in [6, 6.07) is 5.75. The van der Waals surface area contributed by atoms with E-state index in [-0.39, 0.29) is 5.91 Å². The predicted molar refractivity (Wildman–Crippen MR) is 81.0 cm³/mol. The molecule has 2 N–H and O–H groups in total. The number of nitrogens with two attached hydrogens (primary N) is 1. The molecule has 1 aliphatic heterocycles. The van der Waals surface area contributed by atoms with Gasteiger partial charge in [-0.2, -0.15) is 0 Å². The number of likely N-dealkylation sites (tertiary alicyclic amines) is 1. The summed E-state index contributed by atoms with van der Waals surface area (Å²) in [5.41, 5.74) is 7.06. The second-order valence-corrected chi connectivity index (χ2v) is 5.36. The van der Waals surface area contributed by atoms with Crippen LogP contribution in [0.4, 0.5) is 5.69 Å². The van der Waals surface area contributed by atoms with E-state index < -0.39 is 0 Å². The Labute approximate surface area is 120 Å². The van der Waals surface area contributed by atoms with E-state index in [2.05, 4.69) is 6.92 Å². The van der Waals surface area contributed by atoms with Crippen LogP contribution >= 0.6 is 0 Å². The largest absolute Gasteiger partial charge is 0.495 e. The first-order chi connectivity index (χ1) is 9.69. The zero-order valence-electron chi connectivity index (χ0n) is 12.4. The van der Waals surface area contributed by atoms with Crippen molar-refractivity contribution >= 4 is 11.6 Å². The molecule has 1 unspecified atom stereocenters. The number of methoxy groups -OCH3 is 1. The van der Waals surface area contributed by atoms with Crippen molar-refractivity contribution in [2.24, 2.45) is 0 Å². The summed E-state index contributed by atoms with van der Waals surface area (Å²) >= 11 is 0. The van der Waals surface area contributed by atoms with Gasteiger partial charge in [-0.25, -0.2) is 0 Å². The van der Waals surface area contributed by atoms with Gasteiger partial charge in [0.1, 0.15) is 5.75 Å². The van der Waals surface area contributed by atoms with E-state index in [0.29, 0.717) is 23.0 Å². The van der Waals surface area contributed by atoms with Crippen molar-refractivity contribution in [3.63, 3.8) is 0 Å². The zero-order chi connectivity index (χ0) is 14.5. The molecule has 0 aromatic heterocycles. The lowest BCUT2D eigenvalue weighted by atomic mass is 9.97. The fourth-order valence-electron chi connectivity index (χ4n) is 2.96. The van der Waals surface area contributed by atoms with Gasteiger partial charge in [0.15, 0.2) is 0 Å². The molecule has 0 saturated carbocycles. The minimum atomic E-state index is 0.0413. The third-order valence-electron chi connectivity index (χ3n) is 4.03. The second-order valence-electron chi connectivity index (χ2n) is 5.36. The first-order valence-electron chi connectivity index (χ1n) is 7.42. The normalized spacial score (nSPS) is 18.9. The van der Waals surface area contributed by atoms with Crippen LogP contribution in [0.25, 0.3) is 0 Å². The Morgan fingerprint density at radius 1 is 1.45 bits per heavy atom. The maximum Gasteiger partial charge on any atom is 0.256 e. The van der Waals surface area contributed by atoms with Gasteiger partial charge in [0, 0.05) is 12.6 Å². The summed E-state index contributed by atoms with van der Waals surface area (Å²) in [6.45, 7) is 3.00. The standard InChI is InChI=1S/C16H24N2O2/c1-3-7-12-8-4-5-11-18(12)16(19)13-9-6-10-14(20-2)15(13)17/h6,9-10,12H,3-5,7-8,11,17H2,1-2H3. The molecular weight excluding hydrogens is 252 g/mol. The third-order valence-corrected chi connectivity index (χ3v) is 4.03. The molecule has 1 aliphatic rings. The van der Waals surface area contributed by atoms with Crippen LogP contribution in [-0.4, -0.2) is 30.5 Å². The van der Waals surface area contributed by atoms with E-state index in [9.17, 15) is 4.79 Å². The molecule has 1 atom stereocenters.